The molecule has 0 radical (unpaired) electrons. The van der Waals surface area contributed by atoms with E-state index in [4.69, 9.17) is 13.0 Å². The number of rotatable bonds is 14. The third-order valence-electron chi connectivity index (χ3n) is 10.8. The zero-order valence-corrected chi connectivity index (χ0v) is 40.2. The average Bonchev–Trinajstić information content (AvgIpc) is 3.15. The molecule has 0 saturated heterocycles. The molecule has 370 valence electrons. The topological polar surface area (TPSA) is 63.2 Å². The van der Waals surface area contributed by atoms with Crippen LogP contribution in [0.1, 0.15) is 62.3 Å². The van der Waals surface area contributed by atoms with E-state index in [9.17, 15) is 57.5 Å². The van der Waals surface area contributed by atoms with Crippen molar-refractivity contribution in [3.8, 4) is 0 Å². The molecule has 5 atom stereocenters. The summed E-state index contributed by atoms with van der Waals surface area (Å²) in [5.41, 5.74) is -8.46. The molecule has 5 unspecified atom stereocenters. The second-order valence-electron chi connectivity index (χ2n) is 16.5. The standard InChI is InChI=1S/C26H42O4Si3.2C6H6F6O.2CH4.2Ar/c1-9-26(2,3)25(27)28-21-16-22-31(4,5)29-33(8,24-19-14-11-15-20-24)30-32(6,7)23-17-12-10-13-18-23;2*1-3(7)4(8,9)5(10,11)6(3,12)13-2;;;;/h10-15,17-20H,9,16,21-22H2,1-8H3;2*1-2H3;2*1H4;;. The number of carbonyl (C=O) groups excluding carboxylic acids is 1. The third kappa shape index (κ3) is 12.3. The van der Waals surface area contributed by atoms with Gasteiger partial charge in [0.2, 0.25) is 19.7 Å². The first kappa shape index (κ1) is 67.3. The molecule has 2 saturated carbocycles. The summed E-state index contributed by atoms with van der Waals surface area (Å²) >= 11 is 0. The number of hydrogen-bond donors (Lipinski definition) is 0. The first-order chi connectivity index (χ1) is 26.4. The molecule has 2 aromatic rings. The van der Waals surface area contributed by atoms with Crippen molar-refractivity contribution in [3.05, 3.63) is 60.7 Å². The number of ether oxygens (including phenoxy) is 3. The van der Waals surface area contributed by atoms with E-state index >= 15 is 0 Å². The second kappa shape index (κ2) is 23.1. The largest absolute Gasteiger partial charge is 0.465 e. The fourth-order valence-corrected chi connectivity index (χ4v) is 19.6. The van der Waals surface area contributed by atoms with E-state index < -0.39 is 77.3 Å². The van der Waals surface area contributed by atoms with E-state index in [0.29, 0.717) is 20.8 Å². The number of alkyl halides is 12. The minimum atomic E-state index is -5.14. The molecule has 63 heavy (non-hydrogen) atoms. The minimum Gasteiger partial charge on any atom is -0.465 e. The van der Waals surface area contributed by atoms with E-state index in [1.165, 1.54) is 10.4 Å². The van der Waals surface area contributed by atoms with E-state index in [1.54, 1.807) is 0 Å². The molecule has 0 aliphatic heterocycles. The molecule has 4 rings (SSSR count). The fraction of sp³-hybridized carbons (Fsp3) is 0.675. The summed E-state index contributed by atoms with van der Waals surface area (Å²) in [6.07, 6.45) is 1.58. The summed E-state index contributed by atoms with van der Waals surface area (Å²) < 4.78 is 177. The predicted molar refractivity (Wildman–Crippen MR) is 219 cm³/mol. The molecule has 0 heterocycles. The van der Waals surface area contributed by atoms with Gasteiger partial charge in [0.25, 0.3) is 0 Å². The van der Waals surface area contributed by atoms with Crippen molar-refractivity contribution in [3.63, 3.8) is 0 Å². The Hall–Kier alpha value is 0.0801. The summed E-state index contributed by atoms with van der Waals surface area (Å²) in [6, 6.07) is 21.9. The second-order valence-corrected chi connectivity index (χ2v) is 28.3. The first-order valence-corrected chi connectivity index (χ1v) is 26.8. The van der Waals surface area contributed by atoms with Gasteiger partial charge in [-0.25, -0.2) is 17.6 Å². The van der Waals surface area contributed by atoms with Crippen LogP contribution in [0.3, 0.4) is 0 Å². The van der Waals surface area contributed by atoms with Crippen molar-refractivity contribution in [1.29, 1.82) is 0 Å². The Bertz CT molecular complexity index is 1640. The SMILES string of the molecule is C.C.CCC(C)(C)C(=O)OCCC[Si](C)(C)O[Si](C)(O[Si](C)(C)c1ccccc1)c1ccccc1.COC1(F)C(C)(F)C(F)(F)C1(F)F.COC1(F)C(C)(F)C(F)(F)C1(F)F.[Ar].[Ar]. The Morgan fingerprint density at radius 2 is 0.952 bits per heavy atom. The number of hydrogen-bond acceptors (Lipinski definition) is 6. The van der Waals surface area contributed by atoms with Crippen molar-refractivity contribution in [1.82, 2.24) is 0 Å². The van der Waals surface area contributed by atoms with Gasteiger partial charge in [0.05, 0.1) is 12.0 Å². The molecule has 2 aromatic carbocycles. The summed E-state index contributed by atoms with van der Waals surface area (Å²) in [5.74, 6) is -29.0. The Balaban J connectivity index is -0.000000992. The smallest absolute Gasteiger partial charge is 0.374 e. The van der Waals surface area contributed by atoms with E-state index in [2.05, 4.69) is 90.7 Å². The molecule has 2 aliphatic rings. The van der Waals surface area contributed by atoms with Crippen LogP contribution in [0.15, 0.2) is 60.7 Å². The molecule has 0 bridgehead atoms. The quantitative estimate of drug-likeness (QED) is 0.0813. The van der Waals surface area contributed by atoms with Gasteiger partial charge < -0.3 is 22.4 Å². The van der Waals surface area contributed by atoms with E-state index in [0.717, 1.165) is 18.9 Å². The predicted octanol–water partition coefficient (Wildman–Crippen LogP) is 11.6. The van der Waals surface area contributed by atoms with Gasteiger partial charge in [-0.1, -0.05) is 82.4 Å². The van der Waals surface area contributed by atoms with Gasteiger partial charge in [-0.2, -0.15) is 35.1 Å². The van der Waals surface area contributed by atoms with Crippen LogP contribution in [0.5, 0.6) is 0 Å². The maximum atomic E-state index is 12.9. The third-order valence-corrected chi connectivity index (χ3v) is 22.9. The van der Waals surface area contributed by atoms with E-state index in [1.807, 2.05) is 32.9 Å². The normalized spacial score (nSPS) is 27.0. The minimum absolute atomic E-state index is 0. The van der Waals surface area contributed by atoms with Crippen LogP contribution in [0.25, 0.3) is 0 Å². The number of benzene rings is 2. The molecule has 2 aliphatic carbocycles. The van der Waals surface area contributed by atoms with Gasteiger partial charge in [0.1, 0.15) is 0 Å². The van der Waals surface area contributed by atoms with Gasteiger partial charge in [0.15, 0.2) is 8.32 Å². The maximum absolute atomic E-state index is 12.9. The Kier molecular flexibility index (Phi) is 24.7. The van der Waals surface area contributed by atoms with Crippen molar-refractivity contribution in [2.75, 3.05) is 20.8 Å². The Morgan fingerprint density at radius 1 is 0.603 bits per heavy atom. The van der Waals surface area contributed by atoms with Crippen LogP contribution in [-0.4, -0.2) is 98.7 Å². The van der Waals surface area contributed by atoms with Crippen molar-refractivity contribution >= 4 is 41.5 Å². The van der Waals surface area contributed by atoms with Crippen LogP contribution in [0.4, 0.5) is 52.7 Å². The fourth-order valence-electron chi connectivity index (χ4n) is 6.35. The van der Waals surface area contributed by atoms with Crippen molar-refractivity contribution in [2.45, 2.75) is 148 Å². The van der Waals surface area contributed by atoms with Crippen LogP contribution < -0.4 is 10.4 Å². The van der Waals surface area contributed by atoms with Gasteiger partial charge in [-0.05, 0) is 89.7 Å². The zero-order chi connectivity index (χ0) is 46.2. The molecule has 23 heteroatoms. The average molecular weight is 1030 g/mol. The number of esters is 1. The summed E-state index contributed by atoms with van der Waals surface area (Å²) in [6.45, 7) is 17.6. The maximum Gasteiger partial charge on any atom is 0.374 e. The molecular formula is C40H62Ar2F12O6Si3. The Morgan fingerprint density at radius 3 is 1.25 bits per heavy atom. The van der Waals surface area contributed by atoms with Crippen LogP contribution in [0, 0.1) is 80.9 Å². The molecule has 0 N–H and O–H groups in total. The number of carbonyl (C=O) groups is 1. The van der Waals surface area contributed by atoms with Gasteiger partial charge >= 0.3 is 49.9 Å². The molecule has 0 spiro atoms. The van der Waals surface area contributed by atoms with Gasteiger partial charge in [-0.3, -0.25) is 4.79 Å². The van der Waals surface area contributed by atoms with Crippen molar-refractivity contribution in [2.24, 2.45) is 5.41 Å². The summed E-state index contributed by atoms with van der Waals surface area (Å²) in [7, 11) is -6.14. The molecule has 0 amide bonds. The van der Waals surface area contributed by atoms with Crippen LogP contribution in [0.2, 0.25) is 38.8 Å². The number of methoxy groups -OCH3 is 2. The van der Waals surface area contributed by atoms with Crippen LogP contribution in [-0.2, 0) is 27.2 Å². The molecule has 6 nitrogen and oxygen atoms in total. The van der Waals surface area contributed by atoms with Crippen molar-refractivity contribution < 1.29 is 155 Å². The zero-order valence-electron chi connectivity index (χ0n) is 35.8. The summed E-state index contributed by atoms with van der Waals surface area (Å²) in [5, 5.41) is 2.44. The molecule has 2 fully saturated rings. The summed E-state index contributed by atoms with van der Waals surface area (Å²) in [4.78, 5) is 12.3. The van der Waals surface area contributed by atoms with Crippen LogP contribution >= 0.6 is 0 Å². The first-order valence-electron chi connectivity index (χ1n) is 18.5. The van der Waals surface area contributed by atoms with E-state index in [-0.39, 0.29) is 110 Å². The number of halogens is 12. The Labute approximate surface area is 427 Å². The van der Waals surface area contributed by atoms with Gasteiger partial charge in [0, 0.05) is 89.7 Å². The van der Waals surface area contributed by atoms with Gasteiger partial charge in [-0.15, -0.1) is 0 Å². The molecular weight excluding hydrogens is 969 g/mol. The molecule has 0 aromatic heterocycles. The monoisotopic (exact) mass is 1030 g/mol.